The molecule has 0 aromatic rings. The van der Waals surface area contributed by atoms with Gasteiger partial charge in [-0.3, -0.25) is 0 Å². The molecule has 1 atom stereocenters. The molecule has 2 heterocycles. The van der Waals surface area contributed by atoms with Crippen LogP contribution in [0.2, 0.25) is 0 Å². The zero-order chi connectivity index (χ0) is 12.7. The third-order valence-corrected chi connectivity index (χ3v) is 4.61. The topological polar surface area (TPSA) is 6.48 Å². The predicted molar refractivity (Wildman–Crippen MR) is 75.6 cm³/mol. The maximum atomic E-state index is 2.44. The quantitative estimate of drug-likeness (QED) is 0.691. The van der Waals surface area contributed by atoms with Gasteiger partial charge in [-0.05, 0) is 43.8 Å². The fraction of sp³-hybridized carbons (Fsp3) is 0.625. The first-order chi connectivity index (χ1) is 8.66. The van der Waals surface area contributed by atoms with E-state index in [0.29, 0.717) is 6.17 Å². The van der Waals surface area contributed by atoms with Crippen LogP contribution in [-0.2, 0) is 0 Å². The zero-order valence-corrected chi connectivity index (χ0v) is 11.8. The summed E-state index contributed by atoms with van der Waals surface area (Å²) in [4.78, 5) is 4.76. The van der Waals surface area contributed by atoms with E-state index in [0.717, 1.165) is 5.92 Å². The second-order valence-electron chi connectivity index (χ2n) is 6.07. The number of rotatable bonds is 1. The van der Waals surface area contributed by atoms with Gasteiger partial charge in [0.05, 0.1) is 0 Å². The monoisotopic (exact) mass is 244 g/mol. The third-order valence-electron chi connectivity index (χ3n) is 4.61. The van der Waals surface area contributed by atoms with Gasteiger partial charge >= 0.3 is 0 Å². The minimum Gasteiger partial charge on any atom is -0.355 e. The standard InChI is InChI=1S/C16H24N2/c1-12-9-15(14-7-5-4-6-8-14)11-18-13(2)10-17(3)16(12)18/h9-11,14,16H,4-8H2,1-3H3. The first-order valence-electron chi connectivity index (χ1n) is 7.25. The summed E-state index contributed by atoms with van der Waals surface area (Å²) in [5, 5.41) is 0. The Morgan fingerprint density at radius 3 is 2.50 bits per heavy atom. The van der Waals surface area contributed by atoms with Gasteiger partial charge in [-0.1, -0.05) is 25.3 Å². The second-order valence-corrected chi connectivity index (χ2v) is 6.07. The molecule has 2 heteroatoms. The maximum absolute atomic E-state index is 2.44. The smallest absolute Gasteiger partial charge is 0.127 e. The summed E-state index contributed by atoms with van der Waals surface area (Å²) in [5.41, 5.74) is 4.41. The van der Waals surface area contributed by atoms with Crippen LogP contribution in [0.1, 0.15) is 46.0 Å². The Morgan fingerprint density at radius 2 is 1.78 bits per heavy atom. The summed E-state index contributed by atoms with van der Waals surface area (Å²) in [7, 11) is 2.17. The van der Waals surface area contributed by atoms with Crippen LogP contribution >= 0.6 is 0 Å². The van der Waals surface area contributed by atoms with E-state index >= 15 is 0 Å². The number of allylic oxidation sites excluding steroid dienone is 3. The predicted octanol–water partition coefficient (Wildman–Crippen LogP) is 3.85. The molecule has 3 rings (SSSR count). The summed E-state index contributed by atoms with van der Waals surface area (Å²) < 4.78 is 0. The highest BCUT2D eigenvalue weighted by atomic mass is 15.4. The van der Waals surface area contributed by atoms with Crippen molar-refractivity contribution in [1.82, 2.24) is 9.80 Å². The van der Waals surface area contributed by atoms with Crippen LogP contribution in [0.15, 0.2) is 35.3 Å². The van der Waals surface area contributed by atoms with Crippen LogP contribution in [-0.4, -0.2) is 23.0 Å². The molecule has 0 bridgehead atoms. The van der Waals surface area contributed by atoms with Crippen molar-refractivity contribution in [3.63, 3.8) is 0 Å². The van der Waals surface area contributed by atoms with E-state index in [2.05, 4.69) is 49.2 Å². The molecule has 3 aliphatic rings. The van der Waals surface area contributed by atoms with Crippen LogP contribution in [0.4, 0.5) is 0 Å². The van der Waals surface area contributed by atoms with Crippen molar-refractivity contribution in [3.05, 3.63) is 35.3 Å². The van der Waals surface area contributed by atoms with Gasteiger partial charge in [0.25, 0.3) is 0 Å². The minimum atomic E-state index is 0.428. The lowest BCUT2D eigenvalue weighted by molar-refractivity contribution is 0.246. The van der Waals surface area contributed by atoms with E-state index in [9.17, 15) is 0 Å². The van der Waals surface area contributed by atoms with Gasteiger partial charge in [0.15, 0.2) is 0 Å². The Morgan fingerprint density at radius 1 is 1.06 bits per heavy atom. The highest BCUT2D eigenvalue weighted by molar-refractivity contribution is 5.36. The minimum absolute atomic E-state index is 0.428. The summed E-state index contributed by atoms with van der Waals surface area (Å²) in [6, 6.07) is 0. The first-order valence-corrected chi connectivity index (χ1v) is 7.25. The molecular weight excluding hydrogens is 220 g/mol. The fourth-order valence-electron chi connectivity index (χ4n) is 3.73. The molecule has 1 unspecified atom stereocenters. The molecule has 0 amide bonds. The van der Waals surface area contributed by atoms with E-state index in [1.165, 1.54) is 43.4 Å². The van der Waals surface area contributed by atoms with E-state index in [1.54, 1.807) is 5.57 Å². The Hall–Kier alpha value is -1.18. The molecule has 0 N–H and O–H groups in total. The second kappa shape index (κ2) is 4.49. The van der Waals surface area contributed by atoms with Crippen LogP contribution in [0.5, 0.6) is 0 Å². The molecule has 0 saturated heterocycles. The van der Waals surface area contributed by atoms with Gasteiger partial charge in [0.1, 0.15) is 6.17 Å². The van der Waals surface area contributed by atoms with Crippen LogP contribution in [0.25, 0.3) is 0 Å². The lowest BCUT2D eigenvalue weighted by Crippen LogP contribution is -2.38. The normalized spacial score (nSPS) is 28.8. The van der Waals surface area contributed by atoms with Crippen molar-refractivity contribution in [2.45, 2.75) is 52.1 Å². The molecule has 1 aliphatic carbocycles. The zero-order valence-electron chi connectivity index (χ0n) is 11.8. The molecule has 0 aromatic carbocycles. The van der Waals surface area contributed by atoms with Crippen LogP contribution in [0, 0.1) is 5.92 Å². The van der Waals surface area contributed by atoms with Crippen molar-refractivity contribution in [2.24, 2.45) is 5.92 Å². The van der Waals surface area contributed by atoms with Gasteiger partial charge in [-0.2, -0.15) is 0 Å². The van der Waals surface area contributed by atoms with E-state index in [4.69, 9.17) is 0 Å². The highest BCUT2D eigenvalue weighted by Gasteiger charge is 2.32. The molecule has 98 valence electrons. The van der Waals surface area contributed by atoms with Crippen molar-refractivity contribution >= 4 is 0 Å². The molecule has 0 aromatic heterocycles. The van der Waals surface area contributed by atoms with Crippen molar-refractivity contribution in [3.8, 4) is 0 Å². The Labute approximate surface area is 111 Å². The summed E-state index contributed by atoms with van der Waals surface area (Å²) in [5.74, 6) is 0.799. The van der Waals surface area contributed by atoms with Gasteiger partial charge in [-0.15, -0.1) is 0 Å². The Kier molecular flexibility index (Phi) is 2.96. The fourth-order valence-corrected chi connectivity index (χ4v) is 3.73. The third kappa shape index (κ3) is 1.88. The van der Waals surface area contributed by atoms with Gasteiger partial charge in [0, 0.05) is 25.1 Å². The molecule has 18 heavy (non-hydrogen) atoms. The van der Waals surface area contributed by atoms with Crippen molar-refractivity contribution < 1.29 is 0 Å². The molecule has 1 saturated carbocycles. The molecule has 2 aliphatic heterocycles. The molecule has 2 nitrogen and oxygen atoms in total. The summed E-state index contributed by atoms with van der Waals surface area (Å²) in [6.45, 7) is 4.49. The van der Waals surface area contributed by atoms with E-state index in [1.807, 2.05) is 0 Å². The highest BCUT2D eigenvalue weighted by Crippen LogP contribution is 2.37. The number of fused-ring (bicyclic) bond motifs is 1. The van der Waals surface area contributed by atoms with Gasteiger partial charge < -0.3 is 9.80 Å². The molecule has 0 spiro atoms. The lowest BCUT2D eigenvalue weighted by Gasteiger charge is -2.36. The van der Waals surface area contributed by atoms with Crippen LogP contribution in [0.3, 0.4) is 0 Å². The number of hydrogen-bond donors (Lipinski definition) is 0. The van der Waals surface area contributed by atoms with Crippen molar-refractivity contribution in [1.29, 1.82) is 0 Å². The lowest BCUT2D eigenvalue weighted by atomic mass is 9.82. The Balaban J connectivity index is 1.87. The summed E-state index contributed by atoms with van der Waals surface area (Å²) >= 11 is 0. The van der Waals surface area contributed by atoms with Crippen LogP contribution < -0.4 is 0 Å². The number of likely N-dealkylation sites (N-methyl/N-ethyl adjacent to an activating group) is 1. The number of nitrogens with zero attached hydrogens (tertiary/aromatic N) is 2. The average molecular weight is 244 g/mol. The van der Waals surface area contributed by atoms with E-state index in [-0.39, 0.29) is 0 Å². The maximum Gasteiger partial charge on any atom is 0.127 e. The summed E-state index contributed by atoms with van der Waals surface area (Å²) in [6.07, 6.45) is 14.5. The van der Waals surface area contributed by atoms with Gasteiger partial charge in [0.2, 0.25) is 0 Å². The van der Waals surface area contributed by atoms with Crippen molar-refractivity contribution in [2.75, 3.05) is 7.05 Å². The largest absolute Gasteiger partial charge is 0.355 e. The van der Waals surface area contributed by atoms with E-state index < -0.39 is 0 Å². The molecule has 0 radical (unpaired) electrons. The molecule has 1 fully saturated rings. The SMILES string of the molecule is CC1=CC(C2CCCCC2)=CN2C(C)=CN(C)C12. The first kappa shape index (κ1) is 11.9. The number of hydrogen-bond acceptors (Lipinski definition) is 2. The molecular formula is C16H24N2. The average Bonchev–Trinajstić information content (AvgIpc) is 2.66. The Bertz CT molecular complexity index is 424. The van der Waals surface area contributed by atoms with Gasteiger partial charge in [-0.25, -0.2) is 0 Å².